The Bertz CT molecular complexity index is 1120. The van der Waals surface area contributed by atoms with Gasteiger partial charge >= 0.3 is 0 Å². The molecule has 0 saturated carbocycles. The maximum Gasteiger partial charge on any atom is 0.198 e. The van der Waals surface area contributed by atoms with Crippen molar-refractivity contribution in [2.24, 2.45) is 15.0 Å². The largest absolute Gasteiger partial charge is 0.477 e. The number of aliphatic imine (C=N–C) groups is 3. The van der Waals surface area contributed by atoms with Gasteiger partial charge in [-0.05, 0) is 16.7 Å². The Balaban J connectivity index is 1.18. The van der Waals surface area contributed by atoms with Crippen molar-refractivity contribution in [3.63, 3.8) is 0 Å². The number of ether oxygens (including phenoxy) is 3. The van der Waals surface area contributed by atoms with E-state index in [0.29, 0.717) is 57.1 Å². The number of benzene rings is 3. The second-order valence-electron chi connectivity index (χ2n) is 9.43. The lowest BCUT2D eigenvalue weighted by Crippen LogP contribution is -2.38. The first-order valence-corrected chi connectivity index (χ1v) is 12.8. The zero-order valence-corrected chi connectivity index (χ0v) is 20.6. The monoisotopic (exact) mass is 494 g/mol. The molecule has 3 aliphatic heterocycles. The molecule has 0 amide bonds. The molecule has 0 spiro atoms. The van der Waals surface area contributed by atoms with Crippen molar-refractivity contribution >= 4 is 17.7 Å². The summed E-state index contributed by atoms with van der Waals surface area (Å²) in [6, 6.07) is 30.9. The molecule has 0 aliphatic carbocycles. The smallest absolute Gasteiger partial charge is 0.198 e. The lowest BCUT2D eigenvalue weighted by molar-refractivity contribution is 0.258. The molecule has 0 bridgehead atoms. The molecule has 3 atom stereocenters. The second-order valence-corrected chi connectivity index (χ2v) is 9.43. The predicted octanol–water partition coefficient (Wildman–Crippen LogP) is 4.80. The van der Waals surface area contributed by atoms with E-state index in [-0.39, 0.29) is 18.1 Å². The van der Waals surface area contributed by atoms with E-state index in [4.69, 9.17) is 29.2 Å². The molecule has 6 rings (SSSR count). The van der Waals surface area contributed by atoms with E-state index in [1.54, 1.807) is 0 Å². The lowest BCUT2D eigenvalue weighted by atomic mass is 10.1. The molecular formula is C30H30N4O3. The van der Waals surface area contributed by atoms with E-state index >= 15 is 0 Å². The molecule has 0 fully saturated rings. The Kier molecular flexibility index (Phi) is 6.94. The molecule has 0 saturated heterocycles. The zero-order valence-electron chi connectivity index (χ0n) is 20.6. The summed E-state index contributed by atoms with van der Waals surface area (Å²) < 4.78 is 18.0. The van der Waals surface area contributed by atoms with Crippen LogP contribution >= 0.6 is 0 Å². The van der Waals surface area contributed by atoms with Crippen LogP contribution in [-0.4, -0.2) is 62.0 Å². The van der Waals surface area contributed by atoms with E-state index < -0.39 is 0 Å². The van der Waals surface area contributed by atoms with Gasteiger partial charge in [0.2, 0.25) is 0 Å². The van der Waals surface area contributed by atoms with Crippen LogP contribution in [0.5, 0.6) is 0 Å². The van der Waals surface area contributed by atoms with Crippen LogP contribution in [-0.2, 0) is 14.2 Å². The molecule has 0 unspecified atom stereocenters. The van der Waals surface area contributed by atoms with Crippen LogP contribution in [0.3, 0.4) is 0 Å². The van der Waals surface area contributed by atoms with Crippen molar-refractivity contribution in [3.8, 4) is 0 Å². The van der Waals surface area contributed by atoms with Gasteiger partial charge in [0.1, 0.15) is 37.9 Å². The predicted molar refractivity (Wildman–Crippen MR) is 144 cm³/mol. The van der Waals surface area contributed by atoms with Crippen LogP contribution in [0.2, 0.25) is 0 Å². The highest BCUT2D eigenvalue weighted by Gasteiger charge is 2.28. The fraction of sp³-hybridized carbons (Fsp3) is 0.300. The van der Waals surface area contributed by atoms with Gasteiger partial charge in [0.05, 0.1) is 19.6 Å². The molecular weight excluding hydrogens is 464 g/mol. The van der Waals surface area contributed by atoms with Crippen molar-refractivity contribution in [2.75, 3.05) is 39.5 Å². The SMILES string of the molecule is c1ccc([C@H]2COC(CN(CC3=N[C@@H](c4ccccc4)CO3)CC3=N[C@@H](c4ccccc4)CO3)=N2)cc1. The third-order valence-electron chi connectivity index (χ3n) is 6.75. The number of hydrogen-bond donors (Lipinski definition) is 0. The molecule has 0 radical (unpaired) electrons. The molecule has 3 aliphatic rings. The Morgan fingerprint density at radius 3 is 1.08 bits per heavy atom. The summed E-state index contributed by atoms with van der Waals surface area (Å²) in [6.07, 6.45) is 0. The van der Waals surface area contributed by atoms with Crippen molar-refractivity contribution in [1.82, 2.24) is 4.90 Å². The van der Waals surface area contributed by atoms with Crippen LogP contribution in [0.4, 0.5) is 0 Å². The highest BCUT2D eigenvalue weighted by atomic mass is 16.5. The first-order chi connectivity index (χ1) is 18.3. The van der Waals surface area contributed by atoms with Crippen LogP contribution < -0.4 is 0 Å². The Morgan fingerprint density at radius 2 is 0.784 bits per heavy atom. The first-order valence-electron chi connectivity index (χ1n) is 12.8. The summed E-state index contributed by atoms with van der Waals surface area (Å²) >= 11 is 0. The summed E-state index contributed by atoms with van der Waals surface area (Å²) in [4.78, 5) is 16.8. The van der Waals surface area contributed by atoms with Crippen LogP contribution in [0.15, 0.2) is 106 Å². The van der Waals surface area contributed by atoms with Crippen LogP contribution in [0, 0.1) is 0 Å². The van der Waals surface area contributed by atoms with E-state index in [2.05, 4.69) is 41.3 Å². The molecule has 37 heavy (non-hydrogen) atoms. The van der Waals surface area contributed by atoms with Crippen LogP contribution in [0.25, 0.3) is 0 Å². The zero-order chi connectivity index (χ0) is 24.9. The minimum atomic E-state index is 0.0168. The summed E-state index contributed by atoms with van der Waals surface area (Å²) in [7, 11) is 0. The van der Waals surface area contributed by atoms with Gasteiger partial charge < -0.3 is 14.2 Å². The Morgan fingerprint density at radius 1 is 0.486 bits per heavy atom. The summed E-state index contributed by atoms with van der Waals surface area (Å²) in [5, 5.41) is 0. The molecule has 0 N–H and O–H groups in total. The normalized spacial score (nSPS) is 22.6. The quantitative estimate of drug-likeness (QED) is 0.429. The summed E-state index contributed by atoms with van der Waals surface area (Å²) in [5.41, 5.74) is 3.48. The fourth-order valence-corrected chi connectivity index (χ4v) is 4.81. The Hall–Kier alpha value is -3.97. The van der Waals surface area contributed by atoms with Crippen molar-refractivity contribution in [3.05, 3.63) is 108 Å². The highest BCUT2D eigenvalue weighted by Crippen LogP contribution is 2.26. The third kappa shape index (κ3) is 5.73. The van der Waals surface area contributed by atoms with Crippen LogP contribution in [0.1, 0.15) is 34.8 Å². The van der Waals surface area contributed by atoms with Gasteiger partial charge in [0.15, 0.2) is 17.7 Å². The number of rotatable bonds is 9. The number of nitrogens with zero attached hydrogens (tertiary/aromatic N) is 4. The Labute approximate surface area is 217 Å². The topological polar surface area (TPSA) is 68.0 Å². The van der Waals surface area contributed by atoms with Gasteiger partial charge in [0, 0.05) is 0 Å². The van der Waals surface area contributed by atoms with Gasteiger partial charge in [-0.2, -0.15) is 0 Å². The molecule has 188 valence electrons. The molecule has 3 aromatic rings. The van der Waals surface area contributed by atoms with Gasteiger partial charge in [-0.25, -0.2) is 15.0 Å². The molecule has 0 aromatic heterocycles. The molecule has 3 heterocycles. The van der Waals surface area contributed by atoms with Crippen molar-refractivity contribution in [1.29, 1.82) is 0 Å². The van der Waals surface area contributed by atoms with E-state index in [1.807, 2.05) is 54.6 Å². The molecule has 7 nitrogen and oxygen atoms in total. The average Bonchev–Trinajstić information content (AvgIpc) is 3.72. The maximum atomic E-state index is 6.01. The lowest BCUT2D eigenvalue weighted by Gasteiger charge is -2.20. The average molecular weight is 495 g/mol. The van der Waals surface area contributed by atoms with E-state index in [1.165, 1.54) is 0 Å². The van der Waals surface area contributed by atoms with E-state index in [0.717, 1.165) is 16.7 Å². The van der Waals surface area contributed by atoms with E-state index in [9.17, 15) is 0 Å². The van der Waals surface area contributed by atoms with Crippen molar-refractivity contribution < 1.29 is 14.2 Å². The van der Waals surface area contributed by atoms with Gasteiger partial charge in [-0.15, -0.1) is 0 Å². The van der Waals surface area contributed by atoms with Gasteiger partial charge in [0.25, 0.3) is 0 Å². The standard InChI is InChI=1S/C30H30N4O3/c1-4-10-22(11-5-1)25-19-35-28(31-25)16-34(17-29-32-26(20-36-29)23-12-6-2-7-13-23)18-30-33-27(21-37-30)24-14-8-3-9-15-24/h1-15,25-27H,16-21H2/t25-,26-,27-/m1/s1. The molecule has 7 heteroatoms. The summed E-state index contributed by atoms with van der Waals surface area (Å²) in [6.45, 7) is 3.23. The number of hydrogen-bond acceptors (Lipinski definition) is 7. The second kappa shape index (κ2) is 11.0. The maximum absolute atomic E-state index is 6.01. The minimum Gasteiger partial charge on any atom is -0.477 e. The minimum absolute atomic E-state index is 0.0168. The first kappa shape index (κ1) is 23.4. The molecule has 3 aromatic carbocycles. The summed E-state index contributed by atoms with van der Waals surface area (Å²) in [5.74, 6) is 2.14. The highest BCUT2D eigenvalue weighted by molar-refractivity contribution is 5.85. The fourth-order valence-electron chi connectivity index (χ4n) is 4.81. The van der Waals surface area contributed by atoms with Gasteiger partial charge in [-0.3, -0.25) is 4.90 Å². The van der Waals surface area contributed by atoms with Crippen molar-refractivity contribution in [2.45, 2.75) is 18.1 Å². The third-order valence-corrected chi connectivity index (χ3v) is 6.75. The van der Waals surface area contributed by atoms with Gasteiger partial charge in [-0.1, -0.05) is 91.0 Å².